The van der Waals surface area contributed by atoms with Gasteiger partial charge < -0.3 is 15.7 Å². The molecule has 0 aromatic heterocycles. The Morgan fingerprint density at radius 2 is 1.95 bits per heavy atom. The van der Waals surface area contributed by atoms with E-state index in [1.165, 1.54) is 0 Å². The summed E-state index contributed by atoms with van der Waals surface area (Å²) in [5.41, 5.74) is -0.670. The SMILES string of the molecule is CC(C)[C@H](NC(=O)Nc1cc(F)cc([N+](=O)[O-])c1)C(=O)O. The number of carbonyl (C=O) groups excluding carboxylic acids is 1. The zero-order chi connectivity index (χ0) is 16.2. The summed E-state index contributed by atoms with van der Waals surface area (Å²) in [5, 5.41) is 23.9. The molecule has 2 amide bonds. The van der Waals surface area contributed by atoms with Gasteiger partial charge in [-0.2, -0.15) is 0 Å². The number of nitro groups is 1. The van der Waals surface area contributed by atoms with E-state index in [1.54, 1.807) is 13.8 Å². The van der Waals surface area contributed by atoms with Gasteiger partial charge >= 0.3 is 12.0 Å². The van der Waals surface area contributed by atoms with Gasteiger partial charge in [-0.15, -0.1) is 0 Å². The van der Waals surface area contributed by atoms with Crippen LogP contribution < -0.4 is 10.6 Å². The summed E-state index contributed by atoms with van der Waals surface area (Å²) in [4.78, 5) is 32.4. The molecule has 8 nitrogen and oxygen atoms in total. The minimum Gasteiger partial charge on any atom is -0.480 e. The normalized spacial score (nSPS) is 11.8. The van der Waals surface area contributed by atoms with Crippen LogP contribution in [0.5, 0.6) is 0 Å². The summed E-state index contributed by atoms with van der Waals surface area (Å²) in [6.07, 6.45) is 0. The molecule has 0 saturated heterocycles. The number of benzene rings is 1. The van der Waals surface area contributed by atoms with Gasteiger partial charge in [0.1, 0.15) is 11.9 Å². The van der Waals surface area contributed by atoms with Crippen molar-refractivity contribution in [2.45, 2.75) is 19.9 Å². The average Bonchev–Trinajstić information content (AvgIpc) is 2.34. The summed E-state index contributed by atoms with van der Waals surface area (Å²) in [6.45, 7) is 3.21. The molecule has 1 aromatic rings. The molecule has 1 atom stereocenters. The van der Waals surface area contributed by atoms with Crippen LogP contribution in [0.2, 0.25) is 0 Å². The van der Waals surface area contributed by atoms with Crippen molar-refractivity contribution in [2.75, 3.05) is 5.32 Å². The van der Waals surface area contributed by atoms with Gasteiger partial charge in [0.25, 0.3) is 5.69 Å². The lowest BCUT2D eigenvalue weighted by atomic mass is 10.1. The van der Waals surface area contributed by atoms with Gasteiger partial charge in [0, 0.05) is 6.07 Å². The second-order valence-corrected chi connectivity index (χ2v) is 4.61. The van der Waals surface area contributed by atoms with Gasteiger partial charge in [0.05, 0.1) is 16.7 Å². The number of aliphatic carboxylic acids is 1. The van der Waals surface area contributed by atoms with Crippen LogP contribution in [0, 0.1) is 21.8 Å². The van der Waals surface area contributed by atoms with Gasteiger partial charge in [-0.05, 0) is 12.0 Å². The summed E-state index contributed by atoms with van der Waals surface area (Å²) >= 11 is 0. The molecule has 114 valence electrons. The lowest BCUT2D eigenvalue weighted by Crippen LogP contribution is -2.46. The number of nitrogens with zero attached hydrogens (tertiary/aromatic N) is 1. The predicted octanol–water partition coefficient (Wildman–Crippen LogP) is 1.96. The van der Waals surface area contributed by atoms with E-state index in [4.69, 9.17) is 5.11 Å². The molecular weight excluding hydrogens is 285 g/mol. The minimum atomic E-state index is -1.22. The zero-order valence-corrected chi connectivity index (χ0v) is 11.3. The highest BCUT2D eigenvalue weighted by atomic mass is 19.1. The number of urea groups is 1. The number of hydrogen-bond donors (Lipinski definition) is 3. The molecule has 0 radical (unpaired) electrons. The third-order valence-electron chi connectivity index (χ3n) is 2.57. The first-order valence-electron chi connectivity index (χ1n) is 5.96. The van der Waals surface area contributed by atoms with Gasteiger partial charge in [-0.1, -0.05) is 13.8 Å². The monoisotopic (exact) mass is 299 g/mol. The Bertz CT molecular complexity index is 576. The number of carboxylic acid groups (broad SMARTS) is 1. The summed E-state index contributed by atoms with van der Waals surface area (Å²) < 4.78 is 13.2. The van der Waals surface area contributed by atoms with Crippen molar-refractivity contribution >= 4 is 23.4 Å². The first-order chi connectivity index (χ1) is 9.70. The Morgan fingerprint density at radius 3 is 2.43 bits per heavy atom. The first-order valence-corrected chi connectivity index (χ1v) is 5.96. The highest BCUT2D eigenvalue weighted by molar-refractivity contribution is 5.92. The Balaban J connectivity index is 2.83. The van der Waals surface area contributed by atoms with E-state index in [0.717, 1.165) is 12.1 Å². The van der Waals surface area contributed by atoms with Crippen LogP contribution in [0.3, 0.4) is 0 Å². The maximum atomic E-state index is 13.2. The van der Waals surface area contributed by atoms with Crippen LogP contribution in [-0.2, 0) is 4.79 Å². The minimum absolute atomic E-state index is 0.146. The van der Waals surface area contributed by atoms with Crippen molar-refractivity contribution in [3.8, 4) is 0 Å². The average molecular weight is 299 g/mol. The maximum absolute atomic E-state index is 13.2. The fourth-order valence-corrected chi connectivity index (χ4v) is 1.57. The largest absolute Gasteiger partial charge is 0.480 e. The van der Waals surface area contributed by atoms with Gasteiger partial charge in [-0.3, -0.25) is 10.1 Å². The van der Waals surface area contributed by atoms with E-state index in [2.05, 4.69) is 10.6 Å². The van der Waals surface area contributed by atoms with E-state index in [-0.39, 0.29) is 11.6 Å². The quantitative estimate of drug-likeness (QED) is 0.566. The summed E-state index contributed by atoms with van der Waals surface area (Å²) in [6, 6.07) is 0.535. The second kappa shape index (κ2) is 6.64. The lowest BCUT2D eigenvalue weighted by molar-refractivity contribution is -0.385. The number of carbonyl (C=O) groups is 2. The molecule has 0 heterocycles. The van der Waals surface area contributed by atoms with Crippen LogP contribution in [0.4, 0.5) is 20.6 Å². The molecule has 0 fully saturated rings. The van der Waals surface area contributed by atoms with Crippen molar-refractivity contribution in [3.05, 3.63) is 34.1 Å². The fraction of sp³-hybridized carbons (Fsp3) is 0.333. The van der Waals surface area contributed by atoms with Crippen LogP contribution in [0.15, 0.2) is 18.2 Å². The van der Waals surface area contributed by atoms with E-state index < -0.39 is 34.5 Å². The number of rotatable bonds is 5. The lowest BCUT2D eigenvalue weighted by Gasteiger charge is -2.18. The third kappa shape index (κ3) is 4.71. The highest BCUT2D eigenvalue weighted by Gasteiger charge is 2.23. The maximum Gasteiger partial charge on any atom is 0.326 e. The molecule has 3 N–H and O–H groups in total. The second-order valence-electron chi connectivity index (χ2n) is 4.61. The standard InChI is InChI=1S/C12H14FN3O5/c1-6(2)10(11(17)18)15-12(19)14-8-3-7(13)4-9(5-8)16(20)21/h3-6,10H,1-2H3,(H,17,18)(H2,14,15,19)/t10-/m0/s1. The number of anilines is 1. The van der Waals surface area contributed by atoms with Crippen LogP contribution >= 0.6 is 0 Å². The highest BCUT2D eigenvalue weighted by Crippen LogP contribution is 2.20. The molecule has 0 unspecified atom stereocenters. The molecule has 0 aliphatic heterocycles. The molecular formula is C12H14FN3O5. The topological polar surface area (TPSA) is 122 Å². The van der Waals surface area contributed by atoms with Crippen molar-refractivity contribution in [1.29, 1.82) is 0 Å². The smallest absolute Gasteiger partial charge is 0.326 e. The van der Waals surface area contributed by atoms with Crippen LogP contribution in [-0.4, -0.2) is 28.1 Å². The number of halogens is 1. The number of non-ortho nitro benzene ring substituents is 1. The molecule has 21 heavy (non-hydrogen) atoms. The van der Waals surface area contributed by atoms with E-state index in [1.807, 2.05) is 0 Å². The third-order valence-corrected chi connectivity index (χ3v) is 2.57. The molecule has 0 saturated carbocycles. The molecule has 0 spiro atoms. The summed E-state index contributed by atoms with van der Waals surface area (Å²) in [5.74, 6) is -2.47. The predicted molar refractivity (Wildman–Crippen MR) is 71.5 cm³/mol. The van der Waals surface area contributed by atoms with Crippen molar-refractivity contribution in [2.24, 2.45) is 5.92 Å². The van der Waals surface area contributed by atoms with Crippen molar-refractivity contribution in [3.63, 3.8) is 0 Å². The van der Waals surface area contributed by atoms with E-state index >= 15 is 0 Å². The first kappa shape index (κ1) is 16.3. The molecule has 0 bridgehead atoms. The fourth-order valence-electron chi connectivity index (χ4n) is 1.57. The molecule has 9 heteroatoms. The zero-order valence-electron chi connectivity index (χ0n) is 11.3. The Hall–Kier alpha value is -2.71. The number of nitro benzene ring substituents is 1. The van der Waals surface area contributed by atoms with Crippen LogP contribution in [0.1, 0.15) is 13.8 Å². The van der Waals surface area contributed by atoms with Crippen LogP contribution in [0.25, 0.3) is 0 Å². The number of hydrogen-bond acceptors (Lipinski definition) is 4. The van der Waals surface area contributed by atoms with Gasteiger partial charge in [0.15, 0.2) is 0 Å². The van der Waals surface area contributed by atoms with Gasteiger partial charge in [-0.25, -0.2) is 14.0 Å². The van der Waals surface area contributed by atoms with E-state index in [0.29, 0.717) is 6.07 Å². The van der Waals surface area contributed by atoms with Crippen molar-refractivity contribution < 1.29 is 24.0 Å². The Labute approximate surface area is 119 Å². The molecule has 1 rings (SSSR count). The summed E-state index contributed by atoms with van der Waals surface area (Å²) in [7, 11) is 0. The number of nitrogens with one attached hydrogen (secondary N) is 2. The number of carboxylic acids is 1. The Kier molecular flexibility index (Phi) is 5.17. The van der Waals surface area contributed by atoms with Crippen molar-refractivity contribution in [1.82, 2.24) is 5.32 Å². The molecule has 0 aliphatic rings. The number of amides is 2. The molecule has 0 aliphatic carbocycles. The van der Waals surface area contributed by atoms with Gasteiger partial charge in [0.2, 0.25) is 0 Å². The van der Waals surface area contributed by atoms with E-state index in [9.17, 15) is 24.1 Å². The molecule has 1 aromatic carbocycles. The Morgan fingerprint density at radius 1 is 1.33 bits per heavy atom.